The van der Waals surface area contributed by atoms with E-state index in [1.807, 2.05) is 6.92 Å². The molecule has 0 saturated carbocycles. The average molecular weight is 299 g/mol. The minimum absolute atomic E-state index is 0.00803. The van der Waals surface area contributed by atoms with Crippen LogP contribution >= 0.6 is 11.3 Å². The van der Waals surface area contributed by atoms with E-state index in [2.05, 4.69) is 25.8 Å². The molecule has 0 N–H and O–H groups in total. The van der Waals surface area contributed by atoms with Gasteiger partial charge in [-0.1, -0.05) is 32.9 Å². The summed E-state index contributed by atoms with van der Waals surface area (Å²) in [6.45, 7) is 8.24. The summed E-state index contributed by atoms with van der Waals surface area (Å²) in [5, 5.41) is 0.765. The largest absolute Gasteiger partial charge is 0.416 e. The van der Waals surface area contributed by atoms with Crippen LogP contribution in [0.25, 0.3) is 10.6 Å². The van der Waals surface area contributed by atoms with E-state index in [-0.39, 0.29) is 5.41 Å². The molecule has 2 aromatic rings. The van der Waals surface area contributed by atoms with Crippen LogP contribution in [0.5, 0.6) is 0 Å². The molecule has 0 amide bonds. The van der Waals surface area contributed by atoms with Crippen molar-refractivity contribution >= 4 is 11.3 Å². The molecule has 108 valence electrons. The lowest BCUT2D eigenvalue weighted by Gasteiger charge is -2.16. The van der Waals surface area contributed by atoms with Crippen LogP contribution in [0.3, 0.4) is 0 Å². The maximum Gasteiger partial charge on any atom is 0.416 e. The highest BCUT2D eigenvalue weighted by Gasteiger charge is 2.30. The van der Waals surface area contributed by atoms with Crippen LogP contribution < -0.4 is 0 Å². The van der Waals surface area contributed by atoms with Gasteiger partial charge in [0.15, 0.2) is 0 Å². The molecule has 0 aliphatic rings. The van der Waals surface area contributed by atoms with Gasteiger partial charge in [-0.3, -0.25) is 0 Å². The van der Waals surface area contributed by atoms with Crippen LogP contribution in [0.4, 0.5) is 13.2 Å². The number of nitrogens with zero attached hydrogens (tertiary/aromatic N) is 1. The Morgan fingerprint density at radius 2 is 1.55 bits per heavy atom. The number of aryl methyl sites for hydroxylation is 1. The van der Waals surface area contributed by atoms with Gasteiger partial charge in [0.1, 0.15) is 5.01 Å². The normalized spacial score (nSPS) is 12.8. The van der Waals surface area contributed by atoms with Crippen LogP contribution in [0, 0.1) is 6.92 Å². The Bertz CT molecular complexity index is 604. The van der Waals surface area contributed by atoms with Gasteiger partial charge in [0, 0.05) is 10.4 Å². The van der Waals surface area contributed by atoms with Gasteiger partial charge in [-0.2, -0.15) is 13.2 Å². The van der Waals surface area contributed by atoms with Crippen molar-refractivity contribution in [3.8, 4) is 10.6 Å². The zero-order valence-corrected chi connectivity index (χ0v) is 12.6. The van der Waals surface area contributed by atoms with Crippen LogP contribution in [-0.2, 0) is 11.6 Å². The minimum Gasteiger partial charge on any atom is -0.241 e. The Balaban J connectivity index is 2.38. The molecule has 1 nitrogen and oxygen atoms in total. The number of benzene rings is 1. The number of halogens is 3. The Morgan fingerprint density at radius 3 is 1.95 bits per heavy atom. The second kappa shape index (κ2) is 4.88. The molecule has 0 fully saturated rings. The first kappa shape index (κ1) is 15.0. The summed E-state index contributed by atoms with van der Waals surface area (Å²) < 4.78 is 37.6. The third kappa shape index (κ3) is 3.03. The third-order valence-electron chi connectivity index (χ3n) is 2.94. The molecule has 0 bridgehead atoms. The second-order valence-electron chi connectivity index (χ2n) is 5.76. The Hall–Kier alpha value is -1.36. The summed E-state index contributed by atoms with van der Waals surface area (Å²) in [7, 11) is 0. The fourth-order valence-corrected chi connectivity index (χ4v) is 3.15. The van der Waals surface area contributed by atoms with Crippen molar-refractivity contribution < 1.29 is 13.2 Å². The zero-order chi connectivity index (χ0) is 15.1. The molecule has 0 saturated heterocycles. The van der Waals surface area contributed by atoms with Crippen molar-refractivity contribution in [3.63, 3.8) is 0 Å². The smallest absolute Gasteiger partial charge is 0.241 e. The van der Waals surface area contributed by atoms with Crippen molar-refractivity contribution in [2.45, 2.75) is 39.3 Å². The monoisotopic (exact) mass is 299 g/mol. The average Bonchev–Trinajstić information content (AvgIpc) is 2.70. The van der Waals surface area contributed by atoms with Gasteiger partial charge < -0.3 is 0 Å². The molecule has 0 aliphatic carbocycles. The van der Waals surface area contributed by atoms with E-state index in [0.29, 0.717) is 0 Å². The number of hydrogen-bond donors (Lipinski definition) is 0. The Labute approximate surface area is 120 Å². The van der Waals surface area contributed by atoms with E-state index in [0.717, 1.165) is 33.3 Å². The lowest BCUT2D eigenvalue weighted by atomic mass is 9.93. The molecule has 0 unspecified atom stereocenters. The second-order valence-corrected chi connectivity index (χ2v) is 6.76. The molecule has 0 aliphatic heterocycles. The number of rotatable bonds is 1. The molecular weight excluding hydrogens is 283 g/mol. The van der Waals surface area contributed by atoms with Crippen molar-refractivity contribution in [3.05, 3.63) is 40.4 Å². The van der Waals surface area contributed by atoms with Gasteiger partial charge in [0.2, 0.25) is 0 Å². The van der Waals surface area contributed by atoms with E-state index < -0.39 is 11.7 Å². The summed E-state index contributed by atoms with van der Waals surface area (Å²) in [5.41, 5.74) is 1.02. The number of hydrogen-bond acceptors (Lipinski definition) is 2. The fraction of sp³-hybridized carbons (Fsp3) is 0.400. The van der Waals surface area contributed by atoms with E-state index in [9.17, 15) is 13.2 Å². The molecule has 0 radical (unpaired) electrons. The summed E-state index contributed by atoms with van der Waals surface area (Å²) in [6.07, 6.45) is -4.30. The van der Waals surface area contributed by atoms with Crippen LogP contribution in [0.1, 0.15) is 36.9 Å². The first-order valence-electron chi connectivity index (χ1n) is 6.24. The van der Waals surface area contributed by atoms with Crippen LogP contribution in [0.2, 0.25) is 0 Å². The molecule has 0 spiro atoms. The lowest BCUT2D eigenvalue weighted by molar-refractivity contribution is -0.137. The number of thiazole rings is 1. The highest BCUT2D eigenvalue weighted by molar-refractivity contribution is 7.15. The van der Waals surface area contributed by atoms with Crippen molar-refractivity contribution in [1.29, 1.82) is 0 Å². The third-order valence-corrected chi connectivity index (χ3v) is 4.57. The first-order valence-corrected chi connectivity index (χ1v) is 7.06. The van der Waals surface area contributed by atoms with Crippen molar-refractivity contribution in [2.24, 2.45) is 0 Å². The first-order chi connectivity index (χ1) is 9.09. The maximum absolute atomic E-state index is 12.5. The lowest BCUT2D eigenvalue weighted by Crippen LogP contribution is -2.10. The minimum atomic E-state index is -4.30. The fourth-order valence-electron chi connectivity index (χ4n) is 2.02. The SMILES string of the molecule is Cc1nc(-c2ccc(C(F)(F)F)cc2)sc1C(C)(C)C. The van der Waals surface area contributed by atoms with Gasteiger partial charge in [-0.25, -0.2) is 4.98 Å². The van der Waals surface area contributed by atoms with E-state index in [4.69, 9.17) is 0 Å². The molecule has 5 heteroatoms. The van der Waals surface area contributed by atoms with Crippen molar-refractivity contribution in [1.82, 2.24) is 4.98 Å². The zero-order valence-electron chi connectivity index (χ0n) is 11.8. The molecule has 1 aromatic heterocycles. The molecule has 20 heavy (non-hydrogen) atoms. The quantitative estimate of drug-likeness (QED) is 0.683. The summed E-state index contributed by atoms with van der Waals surface area (Å²) in [4.78, 5) is 5.64. The Kier molecular flexibility index (Phi) is 3.67. The van der Waals surface area contributed by atoms with E-state index in [1.54, 1.807) is 11.3 Å². The van der Waals surface area contributed by atoms with Crippen molar-refractivity contribution in [2.75, 3.05) is 0 Å². The van der Waals surface area contributed by atoms with Gasteiger partial charge in [-0.15, -0.1) is 11.3 Å². The molecule has 2 rings (SSSR count). The summed E-state index contributed by atoms with van der Waals surface area (Å²) in [5.74, 6) is 0. The highest BCUT2D eigenvalue weighted by atomic mass is 32.1. The highest BCUT2D eigenvalue weighted by Crippen LogP contribution is 2.36. The van der Waals surface area contributed by atoms with E-state index in [1.165, 1.54) is 12.1 Å². The van der Waals surface area contributed by atoms with Crippen LogP contribution in [-0.4, -0.2) is 4.98 Å². The van der Waals surface area contributed by atoms with Gasteiger partial charge in [0.25, 0.3) is 0 Å². The van der Waals surface area contributed by atoms with Gasteiger partial charge in [-0.05, 0) is 24.5 Å². The summed E-state index contributed by atoms with van der Waals surface area (Å²) >= 11 is 1.54. The molecular formula is C15H16F3NS. The number of aromatic nitrogens is 1. The van der Waals surface area contributed by atoms with Crippen LogP contribution in [0.15, 0.2) is 24.3 Å². The predicted octanol–water partition coefficient (Wildman–Crippen LogP) is 5.43. The van der Waals surface area contributed by atoms with Gasteiger partial charge >= 0.3 is 6.18 Å². The van der Waals surface area contributed by atoms with Gasteiger partial charge in [0.05, 0.1) is 11.3 Å². The molecule has 1 heterocycles. The van der Waals surface area contributed by atoms with E-state index >= 15 is 0 Å². The molecule has 0 atom stereocenters. The molecule has 1 aromatic carbocycles. The summed E-state index contributed by atoms with van der Waals surface area (Å²) in [6, 6.07) is 5.16. The number of alkyl halides is 3. The maximum atomic E-state index is 12.5. The Morgan fingerprint density at radius 1 is 1.00 bits per heavy atom. The predicted molar refractivity (Wildman–Crippen MR) is 76.0 cm³/mol. The standard InChI is InChI=1S/C15H16F3NS/c1-9-12(14(2,3)4)20-13(19-9)10-5-7-11(8-6-10)15(16,17)18/h5-8H,1-4H3. The topological polar surface area (TPSA) is 12.9 Å².